The number of nitro benzene ring substituents is 1. The van der Waals surface area contributed by atoms with Gasteiger partial charge >= 0.3 is 5.97 Å². The van der Waals surface area contributed by atoms with Gasteiger partial charge in [0.25, 0.3) is 5.69 Å². The van der Waals surface area contributed by atoms with E-state index in [1.165, 1.54) is 31.4 Å². The summed E-state index contributed by atoms with van der Waals surface area (Å²) in [6.45, 7) is 1.90. The molecule has 2 aromatic rings. The van der Waals surface area contributed by atoms with Crippen LogP contribution in [0.2, 0.25) is 0 Å². The number of carbonyl (C=O) groups is 3. The fraction of sp³-hybridized carbons (Fsp3) is 0.286. The Morgan fingerprint density at radius 1 is 1.03 bits per heavy atom. The van der Waals surface area contributed by atoms with Gasteiger partial charge in [-0.3, -0.25) is 29.8 Å². The molecule has 2 aliphatic heterocycles. The topological polar surface area (TPSA) is 119 Å². The number of fused-ring (bicyclic) bond motifs is 1. The van der Waals surface area contributed by atoms with E-state index >= 15 is 0 Å². The largest absolute Gasteiger partial charge is 0.468 e. The van der Waals surface area contributed by atoms with Gasteiger partial charge in [0.05, 0.1) is 29.6 Å². The zero-order valence-corrected chi connectivity index (χ0v) is 16.3. The molecule has 9 heteroatoms. The minimum absolute atomic E-state index is 0.0899. The van der Waals surface area contributed by atoms with Crippen molar-refractivity contribution in [3.05, 3.63) is 69.8 Å². The average molecular weight is 409 g/mol. The molecule has 30 heavy (non-hydrogen) atoms. The Hall–Kier alpha value is -3.59. The fourth-order valence-corrected chi connectivity index (χ4v) is 4.21. The van der Waals surface area contributed by atoms with Crippen molar-refractivity contribution >= 4 is 29.2 Å². The maximum Gasteiger partial charge on any atom is 0.323 e. The number of esters is 1. The van der Waals surface area contributed by atoms with Crippen LogP contribution >= 0.6 is 0 Å². The Labute approximate surface area is 171 Å². The molecular formula is C21H19N3O6. The van der Waals surface area contributed by atoms with E-state index in [-0.39, 0.29) is 5.69 Å². The van der Waals surface area contributed by atoms with Crippen LogP contribution in [0, 0.1) is 28.9 Å². The molecule has 2 saturated heterocycles. The molecule has 154 valence electrons. The SMILES string of the molecule is COC(=O)[C@@H]1N[C@H](c2ccc([N+](=O)[O-])cc2)[C@@H]2C(=O)N(c3ccc(C)cc3)C(=O)[C@@H]21. The van der Waals surface area contributed by atoms with Crippen LogP contribution < -0.4 is 10.2 Å². The number of hydrogen-bond acceptors (Lipinski definition) is 7. The second kappa shape index (κ2) is 7.34. The second-order valence-electron chi connectivity index (χ2n) is 7.39. The number of nitrogens with zero attached hydrogens (tertiary/aromatic N) is 2. The van der Waals surface area contributed by atoms with Crippen LogP contribution in [-0.4, -0.2) is 35.9 Å². The van der Waals surface area contributed by atoms with E-state index in [4.69, 9.17) is 4.74 Å². The van der Waals surface area contributed by atoms with Crippen LogP contribution in [0.25, 0.3) is 0 Å². The molecule has 2 aromatic carbocycles. The molecule has 0 unspecified atom stereocenters. The smallest absolute Gasteiger partial charge is 0.323 e. The molecule has 4 rings (SSSR count). The van der Waals surface area contributed by atoms with Crippen molar-refractivity contribution in [2.24, 2.45) is 11.8 Å². The van der Waals surface area contributed by atoms with Crippen LogP contribution in [0.3, 0.4) is 0 Å². The number of benzene rings is 2. The highest BCUT2D eigenvalue weighted by Gasteiger charge is 2.61. The van der Waals surface area contributed by atoms with Gasteiger partial charge in [-0.15, -0.1) is 0 Å². The third kappa shape index (κ3) is 3.03. The minimum atomic E-state index is -0.993. The monoisotopic (exact) mass is 409 g/mol. The first-order valence-electron chi connectivity index (χ1n) is 9.36. The molecule has 0 aromatic heterocycles. The number of hydrogen-bond donors (Lipinski definition) is 1. The predicted octanol–water partition coefficient (Wildman–Crippen LogP) is 1.89. The Balaban J connectivity index is 1.74. The molecular weight excluding hydrogens is 390 g/mol. The summed E-state index contributed by atoms with van der Waals surface area (Å²) in [6, 6.07) is 11.0. The van der Waals surface area contributed by atoms with Gasteiger partial charge in [0.1, 0.15) is 6.04 Å². The van der Waals surface area contributed by atoms with E-state index in [9.17, 15) is 24.5 Å². The van der Waals surface area contributed by atoms with Gasteiger partial charge in [-0.1, -0.05) is 29.8 Å². The van der Waals surface area contributed by atoms with Gasteiger partial charge in [-0.25, -0.2) is 4.90 Å². The number of imide groups is 1. The maximum atomic E-state index is 13.3. The van der Waals surface area contributed by atoms with Crippen LogP contribution in [-0.2, 0) is 19.1 Å². The third-order valence-electron chi connectivity index (χ3n) is 5.69. The number of aryl methyl sites for hydroxylation is 1. The number of methoxy groups -OCH3 is 1. The molecule has 4 atom stereocenters. The van der Waals surface area contributed by atoms with Crippen molar-refractivity contribution in [3.63, 3.8) is 0 Å². The summed E-state index contributed by atoms with van der Waals surface area (Å²) in [6.07, 6.45) is 0. The van der Waals surface area contributed by atoms with Gasteiger partial charge in [-0.2, -0.15) is 0 Å². The number of carbonyl (C=O) groups excluding carboxylic acids is 3. The molecule has 1 N–H and O–H groups in total. The molecule has 2 aliphatic rings. The Bertz CT molecular complexity index is 1030. The molecule has 2 heterocycles. The highest BCUT2D eigenvalue weighted by Crippen LogP contribution is 2.45. The number of anilines is 1. The summed E-state index contributed by atoms with van der Waals surface area (Å²) in [5.74, 6) is -3.28. The normalized spacial score (nSPS) is 25.3. The molecule has 2 amide bonds. The zero-order valence-electron chi connectivity index (χ0n) is 16.3. The zero-order chi connectivity index (χ0) is 21.6. The van der Waals surface area contributed by atoms with Crippen molar-refractivity contribution in [2.75, 3.05) is 12.0 Å². The molecule has 0 radical (unpaired) electrons. The van der Waals surface area contributed by atoms with Gasteiger partial charge in [0.15, 0.2) is 0 Å². The number of ether oxygens (including phenoxy) is 1. The van der Waals surface area contributed by atoms with Gasteiger partial charge in [0, 0.05) is 18.2 Å². The van der Waals surface area contributed by atoms with Crippen molar-refractivity contribution in [2.45, 2.75) is 19.0 Å². The summed E-state index contributed by atoms with van der Waals surface area (Å²) in [5.41, 5.74) is 1.91. The molecule has 0 bridgehead atoms. The van der Waals surface area contributed by atoms with Crippen LogP contribution in [0.4, 0.5) is 11.4 Å². The van der Waals surface area contributed by atoms with Crippen molar-refractivity contribution in [1.29, 1.82) is 0 Å². The number of non-ortho nitro benzene ring substituents is 1. The third-order valence-corrected chi connectivity index (χ3v) is 5.69. The van der Waals surface area contributed by atoms with E-state index in [0.29, 0.717) is 11.3 Å². The first-order valence-corrected chi connectivity index (χ1v) is 9.36. The fourth-order valence-electron chi connectivity index (χ4n) is 4.21. The number of nitrogens with one attached hydrogen (secondary N) is 1. The van der Waals surface area contributed by atoms with E-state index in [2.05, 4.69) is 5.32 Å². The number of amides is 2. The maximum absolute atomic E-state index is 13.3. The lowest BCUT2D eigenvalue weighted by molar-refractivity contribution is -0.384. The molecule has 9 nitrogen and oxygen atoms in total. The van der Waals surface area contributed by atoms with E-state index in [1.807, 2.05) is 6.92 Å². The lowest BCUT2D eigenvalue weighted by Gasteiger charge is -2.22. The molecule has 0 saturated carbocycles. The summed E-state index contributed by atoms with van der Waals surface area (Å²) in [7, 11) is 1.22. The highest BCUT2D eigenvalue weighted by atomic mass is 16.6. The van der Waals surface area contributed by atoms with Crippen LogP contribution in [0.15, 0.2) is 48.5 Å². The summed E-state index contributed by atoms with van der Waals surface area (Å²) in [5, 5.41) is 14.0. The minimum Gasteiger partial charge on any atom is -0.468 e. The van der Waals surface area contributed by atoms with Gasteiger partial charge < -0.3 is 4.74 Å². The average Bonchev–Trinajstić information content (AvgIpc) is 3.25. The first-order chi connectivity index (χ1) is 14.3. The van der Waals surface area contributed by atoms with Crippen LogP contribution in [0.5, 0.6) is 0 Å². The predicted molar refractivity (Wildman–Crippen MR) is 105 cm³/mol. The lowest BCUT2D eigenvalue weighted by Crippen LogP contribution is -2.43. The Kier molecular flexibility index (Phi) is 4.83. The quantitative estimate of drug-likeness (QED) is 0.354. The molecule has 2 fully saturated rings. The molecule has 0 spiro atoms. The highest BCUT2D eigenvalue weighted by molar-refractivity contribution is 6.23. The Morgan fingerprint density at radius 3 is 2.20 bits per heavy atom. The van der Waals surface area contributed by atoms with Crippen molar-refractivity contribution in [1.82, 2.24) is 5.32 Å². The van der Waals surface area contributed by atoms with E-state index in [1.54, 1.807) is 24.3 Å². The number of nitro groups is 1. The summed E-state index contributed by atoms with van der Waals surface area (Å²) >= 11 is 0. The summed E-state index contributed by atoms with van der Waals surface area (Å²) < 4.78 is 4.84. The first kappa shape index (κ1) is 19.7. The van der Waals surface area contributed by atoms with Crippen LogP contribution in [0.1, 0.15) is 17.2 Å². The van der Waals surface area contributed by atoms with Crippen molar-refractivity contribution < 1.29 is 24.0 Å². The lowest BCUT2D eigenvalue weighted by atomic mass is 9.86. The van der Waals surface area contributed by atoms with Crippen molar-refractivity contribution in [3.8, 4) is 0 Å². The second-order valence-corrected chi connectivity index (χ2v) is 7.39. The Morgan fingerprint density at radius 2 is 1.63 bits per heavy atom. The van der Waals surface area contributed by atoms with Gasteiger partial charge in [0.2, 0.25) is 11.8 Å². The number of rotatable bonds is 4. The van der Waals surface area contributed by atoms with E-state index in [0.717, 1.165) is 10.5 Å². The molecule has 0 aliphatic carbocycles. The summed E-state index contributed by atoms with van der Waals surface area (Å²) in [4.78, 5) is 50.4. The standard InChI is InChI=1S/C21H19N3O6/c1-11-3-7-13(8-4-11)23-19(25)15-16(20(23)26)18(21(27)30-2)22-17(15)12-5-9-14(10-6-12)24(28)29/h3-10,15-18,22H,1-2H3/t15-,16+,17-,18-/m1/s1. The van der Waals surface area contributed by atoms with E-state index < -0.39 is 46.6 Å². The van der Waals surface area contributed by atoms with Gasteiger partial charge in [-0.05, 0) is 24.6 Å².